The standard InChI is InChI=1S/C10H15ClN2S2/c1-7-8(2)14-4-3-13(7)6-9-5-12-10(11)15-9/h5,7-8H,3-4,6H2,1-2H3. The first kappa shape index (κ1) is 11.7. The third kappa shape index (κ3) is 2.87. The number of aromatic nitrogens is 1. The molecule has 84 valence electrons. The lowest BCUT2D eigenvalue weighted by atomic mass is 10.2. The first-order chi connectivity index (χ1) is 7.16. The number of rotatable bonds is 2. The average molecular weight is 263 g/mol. The summed E-state index contributed by atoms with van der Waals surface area (Å²) >= 11 is 9.48. The van der Waals surface area contributed by atoms with E-state index in [1.165, 1.54) is 17.2 Å². The zero-order valence-electron chi connectivity index (χ0n) is 8.94. The second-order valence-electron chi connectivity index (χ2n) is 3.87. The van der Waals surface area contributed by atoms with E-state index in [-0.39, 0.29) is 0 Å². The summed E-state index contributed by atoms with van der Waals surface area (Å²) in [7, 11) is 0. The number of halogens is 1. The normalized spacial score (nSPS) is 28.2. The Morgan fingerprint density at radius 1 is 1.60 bits per heavy atom. The fraction of sp³-hybridized carbons (Fsp3) is 0.700. The van der Waals surface area contributed by atoms with Gasteiger partial charge in [-0.3, -0.25) is 4.90 Å². The van der Waals surface area contributed by atoms with E-state index in [0.29, 0.717) is 10.5 Å². The van der Waals surface area contributed by atoms with E-state index >= 15 is 0 Å². The lowest BCUT2D eigenvalue weighted by molar-refractivity contribution is 0.206. The van der Waals surface area contributed by atoms with E-state index in [2.05, 4.69) is 35.5 Å². The van der Waals surface area contributed by atoms with Crippen LogP contribution in [0, 0.1) is 0 Å². The SMILES string of the molecule is CC1SCCN(Cc2cnc(Cl)s2)C1C. The smallest absolute Gasteiger partial charge is 0.183 e. The van der Waals surface area contributed by atoms with Crippen LogP contribution in [0.1, 0.15) is 18.7 Å². The quantitative estimate of drug-likeness (QED) is 0.815. The molecule has 2 atom stereocenters. The Morgan fingerprint density at radius 2 is 2.40 bits per heavy atom. The summed E-state index contributed by atoms with van der Waals surface area (Å²) in [6.07, 6.45) is 1.89. The second-order valence-corrected chi connectivity index (χ2v) is 7.05. The molecule has 0 aliphatic carbocycles. The predicted octanol–water partition coefficient (Wildman–Crippen LogP) is 3.12. The fourth-order valence-electron chi connectivity index (χ4n) is 1.78. The molecule has 0 spiro atoms. The molecule has 2 heterocycles. The number of thiazole rings is 1. The van der Waals surface area contributed by atoms with Crippen LogP contribution in [0.4, 0.5) is 0 Å². The Kier molecular flexibility index (Phi) is 3.93. The van der Waals surface area contributed by atoms with E-state index in [1.807, 2.05) is 6.20 Å². The molecule has 2 unspecified atom stereocenters. The van der Waals surface area contributed by atoms with Crippen molar-refractivity contribution in [2.45, 2.75) is 31.7 Å². The van der Waals surface area contributed by atoms with Crippen molar-refractivity contribution in [3.63, 3.8) is 0 Å². The van der Waals surface area contributed by atoms with Gasteiger partial charge in [-0.25, -0.2) is 4.98 Å². The molecule has 0 aromatic carbocycles. The summed E-state index contributed by atoms with van der Waals surface area (Å²) in [5, 5.41) is 0.724. The lowest BCUT2D eigenvalue weighted by Gasteiger charge is -2.37. The zero-order chi connectivity index (χ0) is 10.8. The van der Waals surface area contributed by atoms with E-state index in [4.69, 9.17) is 11.6 Å². The molecule has 0 saturated carbocycles. The van der Waals surface area contributed by atoms with Crippen molar-refractivity contribution in [1.29, 1.82) is 0 Å². The first-order valence-electron chi connectivity index (χ1n) is 5.12. The van der Waals surface area contributed by atoms with Crippen molar-refractivity contribution in [3.8, 4) is 0 Å². The third-order valence-electron chi connectivity index (χ3n) is 2.90. The van der Waals surface area contributed by atoms with Gasteiger partial charge in [-0.1, -0.05) is 18.5 Å². The molecule has 0 radical (unpaired) electrons. The van der Waals surface area contributed by atoms with Crippen LogP contribution in [-0.4, -0.2) is 33.5 Å². The van der Waals surface area contributed by atoms with E-state index < -0.39 is 0 Å². The van der Waals surface area contributed by atoms with Gasteiger partial charge in [0, 0.05) is 41.2 Å². The molecule has 1 fully saturated rings. The molecule has 1 saturated heterocycles. The van der Waals surface area contributed by atoms with Crippen molar-refractivity contribution >= 4 is 34.7 Å². The van der Waals surface area contributed by atoms with Crippen LogP contribution in [0.3, 0.4) is 0 Å². The summed E-state index contributed by atoms with van der Waals surface area (Å²) in [4.78, 5) is 7.87. The van der Waals surface area contributed by atoms with Gasteiger partial charge in [-0.2, -0.15) is 11.8 Å². The first-order valence-corrected chi connectivity index (χ1v) is 7.37. The van der Waals surface area contributed by atoms with Gasteiger partial charge < -0.3 is 0 Å². The average Bonchev–Trinajstić information content (AvgIpc) is 2.59. The predicted molar refractivity (Wildman–Crippen MR) is 68.9 cm³/mol. The van der Waals surface area contributed by atoms with Gasteiger partial charge in [0.15, 0.2) is 4.47 Å². The molecule has 1 aliphatic rings. The Bertz CT molecular complexity index is 329. The highest BCUT2D eigenvalue weighted by Gasteiger charge is 2.25. The number of thioether (sulfide) groups is 1. The minimum atomic E-state index is 0.643. The largest absolute Gasteiger partial charge is 0.294 e. The second kappa shape index (κ2) is 5.04. The summed E-state index contributed by atoms with van der Waals surface area (Å²) in [5.41, 5.74) is 0. The molecule has 1 aliphatic heterocycles. The van der Waals surface area contributed by atoms with Crippen molar-refractivity contribution in [3.05, 3.63) is 15.5 Å². The van der Waals surface area contributed by atoms with E-state index in [9.17, 15) is 0 Å². The number of nitrogens with zero attached hydrogens (tertiary/aromatic N) is 2. The van der Waals surface area contributed by atoms with Crippen LogP contribution in [0.25, 0.3) is 0 Å². The molecule has 0 bridgehead atoms. The highest BCUT2D eigenvalue weighted by atomic mass is 35.5. The van der Waals surface area contributed by atoms with E-state index in [1.54, 1.807) is 11.3 Å². The Balaban J connectivity index is 1.99. The lowest BCUT2D eigenvalue weighted by Crippen LogP contribution is -2.43. The fourth-order valence-corrected chi connectivity index (χ4v) is 3.94. The van der Waals surface area contributed by atoms with Gasteiger partial charge in [-0.05, 0) is 6.92 Å². The molecule has 1 aromatic heterocycles. The van der Waals surface area contributed by atoms with Gasteiger partial charge >= 0.3 is 0 Å². The van der Waals surface area contributed by atoms with Crippen LogP contribution >= 0.6 is 34.7 Å². The molecule has 0 N–H and O–H groups in total. The minimum Gasteiger partial charge on any atom is -0.294 e. The van der Waals surface area contributed by atoms with Crippen molar-refractivity contribution in [2.24, 2.45) is 0 Å². The highest BCUT2D eigenvalue weighted by Crippen LogP contribution is 2.27. The molecule has 0 amide bonds. The van der Waals surface area contributed by atoms with E-state index in [0.717, 1.165) is 11.8 Å². The van der Waals surface area contributed by atoms with Gasteiger partial charge in [0.1, 0.15) is 0 Å². The van der Waals surface area contributed by atoms with Crippen molar-refractivity contribution in [1.82, 2.24) is 9.88 Å². The molecule has 1 aromatic rings. The summed E-state index contributed by atoms with van der Waals surface area (Å²) in [5.74, 6) is 1.23. The maximum Gasteiger partial charge on any atom is 0.183 e. The maximum atomic E-state index is 5.83. The Labute approximate surface area is 104 Å². The van der Waals surface area contributed by atoms with Crippen LogP contribution in [0.15, 0.2) is 6.20 Å². The molecule has 2 rings (SSSR count). The highest BCUT2D eigenvalue weighted by molar-refractivity contribution is 8.00. The Morgan fingerprint density at radius 3 is 3.07 bits per heavy atom. The van der Waals surface area contributed by atoms with Gasteiger partial charge in [0.25, 0.3) is 0 Å². The summed E-state index contributed by atoms with van der Waals surface area (Å²) < 4.78 is 0.650. The van der Waals surface area contributed by atoms with Crippen molar-refractivity contribution in [2.75, 3.05) is 12.3 Å². The molecular weight excluding hydrogens is 248 g/mol. The van der Waals surface area contributed by atoms with Crippen LogP contribution in [0.2, 0.25) is 4.47 Å². The molecule has 5 heteroatoms. The zero-order valence-corrected chi connectivity index (χ0v) is 11.3. The summed E-state index contributed by atoms with van der Waals surface area (Å²) in [6, 6.07) is 0.643. The third-order valence-corrected chi connectivity index (χ3v) is 5.34. The van der Waals surface area contributed by atoms with Crippen LogP contribution in [-0.2, 0) is 6.54 Å². The van der Waals surface area contributed by atoms with Gasteiger partial charge in [-0.15, -0.1) is 11.3 Å². The molecule has 2 nitrogen and oxygen atoms in total. The topological polar surface area (TPSA) is 16.1 Å². The van der Waals surface area contributed by atoms with Crippen LogP contribution < -0.4 is 0 Å². The summed E-state index contributed by atoms with van der Waals surface area (Å²) in [6.45, 7) is 6.78. The number of hydrogen-bond donors (Lipinski definition) is 0. The monoisotopic (exact) mass is 262 g/mol. The van der Waals surface area contributed by atoms with Crippen LogP contribution in [0.5, 0.6) is 0 Å². The minimum absolute atomic E-state index is 0.643. The maximum absolute atomic E-state index is 5.83. The Hall–Kier alpha value is 0.230. The van der Waals surface area contributed by atoms with Gasteiger partial charge in [0.2, 0.25) is 0 Å². The molecular formula is C10H15ClN2S2. The number of hydrogen-bond acceptors (Lipinski definition) is 4. The molecule has 15 heavy (non-hydrogen) atoms. The van der Waals surface area contributed by atoms with Gasteiger partial charge in [0.05, 0.1) is 0 Å². The van der Waals surface area contributed by atoms with Crippen molar-refractivity contribution < 1.29 is 0 Å².